The Bertz CT molecular complexity index is 1440. The molecule has 0 aromatic rings. The van der Waals surface area contributed by atoms with Crippen molar-refractivity contribution in [2.75, 3.05) is 27.8 Å². The van der Waals surface area contributed by atoms with E-state index in [1.165, 1.54) is 27.9 Å². The second kappa shape index (κ2) is 21.4. The number of esters is 3. The average Bonchev–Trinajstić information content (AvgIpc) is 3.17. The largest absolute Gasteiger partial charge is 0.466 e. The van der Waals surface area contributed by atoms with Gasteiger partial charge in [0, 0.05) is 31.3 Å². The molecule has 3 saturated heterocycles. The maximum absolute atomic E-state index is 14.3. The number of rotatable bonds is 12. The lowest BCUT2D eigenvalue weighted by Gasteiger charge is -2.49. The SMILES string of the molecule is CCOC(=O)CCC(=O)O[C@@H]1[C@@H](O[C@H]2[C@H](C)[C@@H](O[C@@H]3C[C@](C)(OC)[C@H](O)[C@@H](C)O3)[C@H](C)C(=O)O[C@@H](CC)[C@](C)(O)[C@@H](O)[C@H](C)C(=O)[C@@H](C)C[C@]2(C)O)O[C@@H](C)C[C@H]1N(C)C. The third-order valence-corrected chi connectivity index (χ3v) is 12.9. The molecule has 3 aliphatic heterocycles. The van der Waals surface area contributed by atoms with Gasteiger partial charge in [0.2, 0.25) is 0 Å². The molecule has 18 atom stereocenters. The number of methoxy groups -OCH3 is 1. The van der Waals surface area contributed by atoms with Gasteiger partial charge in [0.25, 0.3) is 0 Å². The first-order chi connectivity index (χ1) is 27.8. The number of hydrogen-bond acceptors (Lipinski definition) is 17. The molecule has 0 unspecified atom stereocenters. The summed E-state index contributed by atoms with van der Waals surface area (Å²) in [5.41, 5.74) is -5.06. The van der Waals surface area contributed by atoms with E-state index in [0.29, 0.717) is 6.42 Å². The fourth-order valence-electron chi connectivity index (χ4n) is 9.17. The van der Waals surface area contributed by atoms with Crippen LogP contribution in [0.5, 0.6) is 0 Å². The quantitative estimate of drug-likeness (QED) is 0.163. The van der Waals surface area contributed by atoms with E-state index in [1.54, 1.807) is 48.5 Å². The zero-order valence-electron chi connectivity index (χ0n) is 38.2. The molecule has 0 aromatic heterocycles. The minimum Gasteiger partial charge on any atom is -0.466 e. The second-order valence-electron chi connectivity index (χ2n) is 18.2. The number of Topliss-reactive ketones (excluding diaryl/α,β-unsaturated/α-hetero) is 1. The van der Waals surface area contributed by atoms with Gasteiger partial charge in [-0.15, -0.1) is 0 Å². The van der Waals surface area contributed by atoms with Gasteiger partial charge < -0.3 is 63.2 Å². The van der Waals surface area contributed by atoms with Crippen molar-refractivity contribution in [1.29, 1.82) is 0 Å². The topological polar surface area (TPSA) is 226 Å². The summed E-state index contributed by atoms with van der Waals surface area (Å²) in [5.74, 6) is -6.64. The molecule has 17 heteroatoms. The van der Waals surface area contributed by atoms with Crippen LogP contribution in [0.3, 0.4) is 0 Å². The first-order valence-electron chi connectivity index (χ1n) is 21.5. The van der Waals surface area contributed by atoms with E-state index in [-0.39, 0.29) is 38.7 Å². The molecule has 348 valence electrons. The van der Waals surface area contributed by atoms with E-state index in [4.69, 9.17) is 37.9 Å². The summed E-state index contributed by atoms with van der Waals surface area (Å²) in [6.45, 7) is 17.9. The van der Waals surface area contributed by atoms with Crippen molar-refractivity contribution in [1.82, 2.24) is 4.90 Å². The highest BCUT2D eigenvalue weighted by Gasteiger charge is 2.54. The van der Waals surface area contributed by atoms with Gasteiger partial charge in [-0.2, -0.15) is 0 Å². The number of aliphatic hydroxyl groups is 4. The van der Waals surface area contributed by atoms with E-state index in [9.17, 15) is 39.6 Å². The maximum atomic E-state index is 14.3. The van der Waals surface area contributed by atoms with Crippen LogP contribution in [-0.4, -0.2) is 161 Å². The van der Waals surface area contributed by atoms with Crippen LogP contribution >= 0.6 is 0 Å². The number of carbonyl (C=O) groups excluding carboxylic acids is 4. The van der Waals surface area contributed by atoms with Crippen molar-refractivity contribution in [3.63, 3.8) is 0 Å². The van der Waals surface area contributed by atoms with Gasteiger partial charge in [-0.05, 0) is 81.8 Å². The highest BCUT2D eigenvalue weighted by atomic mass is 16.7. The Morgan fingerprint density at radius 3 is 2.03 bits per heavy atom. The zero-order valence-corrected chi connectivity index (χ0v) is 38.2. The Labute approximate surface area is 356 Å². The predicted octanol–water partition coefficient (Wildman–Crippen LogP) is 2.68. The molecule has 0 aliphatic carbocycles. The van der Waals surface area contributed by atoms with Crippen molar-refractivity contribution < 1.29 is 77.5 Å². The molecule has 0 saturated carbocycles. The van der Waals surface area contributed by atoms with Gasteiger partial charge in [-0.25, -0.2) is 0 Å². The predicted molar refractivity (Wildman–Crippen MR) is 216 cm³/mol. The van der Waals surface area contributed by atoms with E-state index in [1.807, 2.05) is 25.9 Å². The molecule has 3 rings (SSSR count). The number of nitrogens with zero attached hydrogens (tertiary/aromatic N) is 1. The molecular weight excluding hydrogens is 786 g/mol. The Hall–Kier alpha value is -2.32. The molecule has 60 heavy (non-hydrogen) atoms. The Kier molecular flexibility index (Phi) is 18.5. The van der Waals surface area contributed by atoms with E-state index < -0.39 is 132 Å². The number of hydrogen-bond donors (Lipinski definition) is 4. The lowest BCUT2D eigenvalue weighted by Crippen LogP contribution is -2.61. The minimum atomic E-state index is -2.04. The number of ether oxygens (including phenoxy) is 8. The highest BCUT2D eigenvalue weighted by molar-refractivity contribution is 5.83. The summed E-state index contributed by atoms with van der Waals surface area (Å²) in [7, 11) is 5.09. The third-order valence-electron chi connectivity index (χ3n) is 12.9. The van der Waals surface area contributed by atoms with Crippen LogP contribution in [0, 0.1) is 23.7 Å². The first kappa shape index (κ1) is 52.0. The average molecular weight is 862 g/mol. The van der Waals surface area contributed by atoms with Crippen LogP contribution < -0.4 is 0 Å². The zero-order chi connectivity index (χ0) is 45.7. The van der Waals surface area contributed by atoms with Crippen LogP contribution in [0.2, 0.25) is 0 Å². The van der Waals surface area contributed by atoms with Crippen LogP contribution in [-0.2, 0) is 57.1 Å². The van der Waals surface area contributed by atoms with Gasteiger partial charge in [0.1, 0.15) is 23.6 Å². The number of ketones is 1. The van der Waals surface area contributed by atoms with Crippen molar-refractivity contribution in [2.45, 2.75) is 199 Å². The Morgan fingerprint density at radius 2 is 1.47 bits per heavy atom. The molecule has 17 nitrogen and oxygen atoms in total. The minimum absolute atomic E-state index is 0.0431. The van der Waals surface area contributed by atoms with Gasteiger partial charge in [-0.3, -0.25) is 19.2 Å². The van der Waals surface area contributed by atoms with Gasteiger partial charge in [0.15, 0.2) is 18.7 Å². The van der Waals surface area contributed by atoms with E-state index in [0.717, 1.165) is 0 Å². The van der Waals surface area contributed by atoms with Crippen LogP contribution in [0.25, 0.3) is 0 Å². The monoisotopic (exact) mass is 862 g/mol. The lowest BCUT2D eigenvalue weighted by molar-refractivity contribution is -0.319. The van der Waals surface area contributed by atoms with Crippen molar-refractivity contribution in [3.8, 4) is 0 Å². The molecule has 0 aromatic carbocycles. The molecule has 3 heterocycles. The molecule has 0 radical (unpaired) electrons. The van der Waals surface area contributed by atoms with Crippen molar-refractivity contribution >= 4 is 23.7 Å². The summed E-state index contributed by atoms with van der Waals surface area (Å²) < 4.78 is 48.8. The first-order valence-corrected chi connectivity index (χ1v) is 21.5. The summed E-state index contributed by atoms with van der Waals surface area (Å²) in [6.07, 6.45) is -11.1. The molecular formula is C43H75NO16. The summed E-state index contributed by atoms with van der Waals surface area (Å²) in [6, 6.07) is -0.443. The molecule has 0 bridgehead atoms. The maximum Gasteiger partial charge on any atom is 0.311 e. The van der Waals surface area contributed by atoms with Crippen LogP contribution in [0.4, 0.5) is 0 Å². The molecule has 3 aliphatic rings. The highest BCUT2D eigenvalue weighted by Crippen LogP contribution is 2.41. The summed E-state index contributed by atoms with van der Waals surface area (Å²) >= 11 is 0. The van der Waals surface area contributed by atoms with Crippen LogP contribution in [0.1, 0.15) is 115 Å². The lowest BCUT2D eigenvalue weighted by atomic mass is 9.74. The van der Waals surface area contributed by atoms with Crippen LogP contribution in [0.15, 0.2) is 0 Å². The van der Waals surface area contributed by atoms with Crippen molar-refractivity contribution in [2.24, 2.45) is 23.7 Å². The van der Waals surface area contributed by atoms with E-state index in [2.05, 4.69) is 0 Å². The summed E-state index contributed by atoms with van der Waals surface area (Å²) in [4.78, 5) is 55.6. The van der Waals surface area contributed by atoms with Gasteiger partial charge in [-0.1, -0.05) is 27.7 Å². The standard InChI is InChI=1S/C43H75NO16/c1-15-29-43(11,52)36(48)24(5)33(47)22(3)20-41(9,51)38(25(6)34(26(7)39(50)57-29)59-32-21-42(10,53-14)37(49)27(8)56-32)60-40-35(28(44(12)13)19-23(4)55-40)58-31(46)18-17-30(45)54-16-2/h22-29,32,34-38,40,48-49,51-52H,15-21H2,1-14H3/t22-,23-,24+,25+,26-,27+,28+,29-,32+,34+,35-,36-,37+,38-,40+,41-,42-,43-/m0/s1. The van der Waals surface area contributed by atoms with Gasteiger partial charge >= 0.3 is 17.9 Å². The molecule has 0 amide bonds. The smallest absolute Gasteiger partial charge is 0.311 e. The number of aliphatic hydroxyl groups excluding tert-OH is 2. The Morgan fingerprint density at radius 1 is 0.850 bits per heavy atom. The van der Waals surface area contributed by atoms with Gasteiger partial charge in [0.05, 0.1) is 73.1 Å². The molecule has 3 fully saturated rings. The second-order valence-corrected chi connectivity index (χ2v) is 18.2. The molecule has 4 N–H and O–H groups in total. The number of carbonyl (C=O) groups is 4. The summed E-state index contributed by atoms with van der Waals surface area (Å²) in [5, 5.41) is 46.8. The van der Waals surface area contributed by atoms with Crippen molar-refractivity contribution in [3.05, 3.63) is 0 Å². The fourth-order valence-corrected chi connectivity index (χ4v) is 9.17. The number of likely N-dealkylation sites (N-methyl/N-ethyl adjacent to an activating group) is 1. The Balaban J connectivity index is 2.22. The fraction of sp³-hybridized carbons (Fsp3) is 0.907. The molecule has 0 spiro atoms. The third kappa shape index (κ3) is 12.2. The normalized spacial score (nSPS) is 43.8. The van der Waals surface area contributed by atoms with E-state index >= 15 is 0 Å². The number of cyclic esters (lactones) is 1.